The molecule has 0 radical (unpaired) electrons. The van der Waals surface area contributed by atoms with Crippen LogP contribution in [0.4, 0.5) is 13.2 Å². The van der Waals surface area contributed by atoms with E-state index in [-0.39, 0.29) is 6.61 Å². The quantitative estimate of drug-likeness (QED) is 0.271. The highest BCUT2D eigenvalue weighted by Crippen LogP contribution is 2.34. The fourth-order valence-electron chi connectivity index (χ4n) is 2.99. The first-order chi connectivity index (χ1) is 15.2. The van der Waals surface area contributed by atoms with E-state index in [4.69, 9.17) is 13.9 Å². The molecule has 8 heteroatoms. The zero-order chi connectivity index (χ0) is 23.3. The van der Waals surface area contributed by atoms with Gasteiger partial charge in [-0.25, -0.2) is 4.79 Å². The number of furan rings is 1. The minimum Gasteiger partial charge on any atom is -0.482 e. The van der Waals surface area contributed by atoms with Gasteiger partial charge in [-0.1, -0.05) is 12.1 Å². The second-order valence-corrected chi connectivity index (χ2v) is 8.15. The molecule has 0 saturated carbocycles. The van der Waals surface area contributed by atoms with Gasteiger partial charge in [0.05, 0.1) is 17.9 Å². The van der Waals surface area contributed by atoms with Gasteiger partial charge in [-0.2, -0.15) is 13.2 Å². The first-order valence-electron chi connectivity index (χ1n) is 9.96. The number of esters is 1. The van der Waals surface area contributed by atoms with Crippen molar-refractivity contribution in [1.82, 2.24) is 0 Å². The van der Waals surface area contributed by atoms with Crippen LogP contribution in [0.2, 0.25) is 0 Å². The summed E-state index contributed by atoms with van der Waals surface area (Å²) in [4.78, 5) is 12.4. The van der Waals surface area contributed by atoms with Crippen LogP contribution in [0.15, 0.2) is 57.8 Å². The maximum absolute atomic E-state index is 12.8. The summed E-state index contributed by atoms with van der Waals surface area (Å²) >= 11 is 1.57. The maximum Gasteiger partial charge on any atom is 0.416 e. The van der Waals surface area contributed by atoms with Crippen LogP contribution in [0, 0.1) is 13.8 Å². The first kappa shape index (κ1) is 23.8. The zero-order valence-electron chi connectivity index (χ0n) is 17.9. The van der Waals surface area contributed by atoms with E-state index in [1.807, 2.05) is 32.0 Å². The molecule has 170 valence electrons. The Kier molecular flexibility index (Phi) is 7.56. The molecule has 0 saturated heterocycles. The summed E-state index contributed by atoms with van der Waals surface area (Å²) in [5.41, 5.74) is 1.72. The van der Waals surface area contributed by atoms with E-state index in [1.165, 1.54) is 12.1 Å². The number of carbonyl (C=O) groups is 1. The Hall–Kier alpha value is -2.87. The summed E-state index contributed by atoms with van der Waals surface area (Å²) in [5, 5.41) is 0. The molecule has 0 atom stereocenters. The van der Waals surface area contributed by atoms with Crippen LogP contribution >= 0.6 is 11.8 Å². The van der Waals surface area contributed by atoms with E-state index in [9.17, 15) is 18.0 Å². The van der Waals surface area contributed by atoms with E-state index >= 15 is 0 Å². The van der Waals surface area contributed by atoms with E-state index in [1.54, 1.807) is 24.8 Å². The molecule has 4 nitrogen and oxygen atoms in total. The molecule has 0 spiro atoms. The lowest BCUT2D eigenvalue weighted by atomic mass is 10.1. The fraction of sp³-hybridized carbons (Fsp3) is 0.292. The van der Waals surface area contributed by atoms with Crippen molar-refractivity contribution < 1.29 is 31.9 Å². The van der Waals surface area contributed by atoms with Gasteiger partial charge in [-0.3, -0.25) is 0 Å². The van der Waals surface area contributed by atoms with Crippen molar-refractivity contribution in [3.8, 4) is 17.1 Å². The van der Waals surface area contributed by atoms with E-state index in [0.29, 0.717) is 29.4 Å². The summed E-state index contributed by atoms with van der Waals surface area (Å²) in [6.45, 7) is 5.71. The summed E-state index contributed by atoms with van der Waals surface area (Å²) in [7, 11) is 0. The molecule has 2 aromatic carbocycles. The summed E-state index contributed by atoms with van der Waals surface area (Å²) in [6, 6.07) is 12.4. The Balaban J connectivity index is 1.63. The standard InChI is InChI=1S/C24H23F3O4S/c1-4-29-23(28)13-30-20-10-9-19(11-15(20)2)32-14-22-16(3)12-21(31-22)17-5-7-18(8-6-17)24(25,26)27/h5-12H,4,13-14H2,1-3H3. The molecular weight excluding hydrogens is 441 g/mol. The molecule has 0 amide bonds. The van der Waals surface area contributed by atoms with Crippen molar-refractivity contribution in [3.63, 3.8) is 0 Å². The van der Waals surface area contributed by atoms with Gasteiger partial charge in [-0.05, 0) is 68.3 Å². The van der Waals surface area contributed by atoms with Gasteiger partial charge >= 0.3 is 12.1 Å². The summed E-state index contributed by atoms with van der Waals surface area (Å²) < 4.78 is 54.5. The third-order valence-electron chi connectivity index (χ3n) is 4.68. The molecule has 0 fully saturated rings. The van der Waals surface area contributed by atoms with Crippen LogP contribution in [0.25, 0.3) is 11.3 Å². The van der Waals surface area contributed by atoms with Crippen LogP contribution in [-0.4, -0.2) is 19.2 Å². The van der Waals surface area contributed by atoms with Crippen LogP contribution in [0.5, 0.6) is 5.75 Å². The van der Waals surface area contributed by atoms with Crippen molar-refractivity contribution in [1.29, 1.82) is 0 Å². The third kappa shape index (κ3) is 6.09. The lowest BCUT2D eigenvalue weighted by Gasteiger charge is -2.10. The number of aryl methyl sites for hydroxylation is 2. The van der Waals surface area contributed by atoms with Gasteiger partial charge in [0, 0.05) is 10.5 Å². The molecule has 0 aliphatic carbocycles. The Morgan fingerprint density at radius 2 is 1.75 bits per heavy atom. The molecule has 3 aromatic rings. The number of rotatable bonds is 8. The number of hydrogen-bond acceptors (Lipinski definition) is 5. The molecule has 0 unspecified atom stereocenters. The lowest BCUT2D eigenvalue weighted by molar-refractivity contribution is -0.145. The number of thioether (sulfide) groups is 1. The lowest BCUT2D eigenvalue weighted by Crippen LogP contribution is -2.14. The second-order valence-electron chi connectivity index (χ2n) is 7.10. The molecule has 1 heterocycles. The number of hydrogen-bond donors (Lipinski definition) is 0. The predicted octanol–water partition coefficient (Wildman–Crippen LogP) is 6.82. The van der Waals surface area contributed by atoms with E-state index < -0.39 is 17.7 Å². The van der Waals surface area contributed by atoms with E-state index in [0.717, 1.165) is 33.9 Å². The molecule has 0 bridgehead atoms. The Morgan fingerprint density at radius 1 is 1.03 bits per heavy atom. The minimum absolute atomic E-state index is 0.139. The average molecular weight is 465 g/mol. The van der Waals surface area contributed by atoms with Crippen molar-refractivity contribution in [2.75, 3.05) is 13.2 Å². The summed E-state index contributed by atoms with van der Waals surface area (Å²) in [6.07, 6.45) is -4.36. The second kappa shape index (κ2) is 10.2. The smallest absolute Gasteiger partial charge is 0.416 e. The Labute approximate surface area is 188 Å². The van der Waals surface area contributed by atoms with Crippen LogP contribution in [0.1, 0.15) is 29.4 Å². The molecule has 0 aliphatic rings. The van der Waals surface area contributed by atoms with Crippen molar-refractivity contribution >= 4 is 17.7 Å². The Bertz CT molecular complexity index is 1070. The third-order valence-corrected chi connectivity index (χ3v) is 5.68. The minimum atomic E-state index is -4.36. The number of alkyl halides is 3. The summed E-state index contributed by atoms with van der Waals surface area (Å²) in [5.74, 6) is 2.05. The zero-order valence-corrected chi connectivity index (χ0v) is 18.7. The highest BCUT2D eigenvalue weighted by Gasteiger charge is 2.30. The topological polar surface area (TPSA) is 48.7 Å². The molecular formula is C24H23F3O4S. The number of halogens is 3. The van der Waals surface area contributed by atoms with E-state index in [2.05, 4.69) is 0 Å². The highest BCUT2D eigenvalue weighted by atomic mass is 32.2. The largest absolute Gasteiger partial charge is 0.482 e. The van der Waals surface area contributed by atoms with Gasteiger partial charge in [-0.15, -0.1) is 11.8 Å². The number of carbonyl (C=O) groups excluding carboxylic acids is 1. The number of ether oxygens (including phenoxy) is 2. The van der Waals surface area contributed by atoms with Gasteiger partial charge in [0.15, 0.2) is 6.61 Å². The molecule has 32 heavy (non-hydrogen) atoms. The highest BCUT2D eigenvalue weighted by molar-refractivity contribution is 7.98. The number of benzene rings is 2. The normalized spacial score (nSPS) is 11.4. The van der Waals surface area contributed by atoms with Crippen molar-refractivity contribution in [2.24, 2.45) is 0 Å². The molecule has 1 aromatic heterocycles. The van der Waals surface area contributed by atoms with Crippen molar-refractivity contribution in [3.05, 3.63) is 71.0 Å². The first-order valence-corrected chi connectivity index (χ1v) is 10.9. The van der Waals surface area contributed by atoms with Gasteiger partial charge in [0.25, 0.3) is 0 Å². The van der Waals surface area contributed by atoms with Crippen molar-refractivity contribution in [2.45, 2.75) is 37.6 Å². The molecule has 0 aliphatic heterocycles. The SMILES string of the molecule is CCOC(=O)COc1ccc(SCc2oc(-c3ccc(C(F)(F)F)cc3)cc2C)cc1C. The fourth-order valence-corrected chi connectivity index (χ4v) is 4.00. The van der Waals surface area contributed by atoms with Gasteiger partial charge in [0.1, 0.15) is 17.3 Å². The van der Waals surface area contributed by atoms with Crippen LogP contribution in [0.3, 0.4) is 0 Å². The molecule has 0 N–H and O–H groups in total. The maximum atomic E-state index is 12.8. The van der Waals surface area contributed by atoms with Gasteiger partial charge in [0.2, 0.25) is 0 Å². The van der Waals surface area contributed by atoms with Crippen LogP contribution in [-0.2, 0) is 21.5 Å². The van der Waals surface area contributed by atoms with Crippen LogP contribution < -0.4 is 4.74 Å². The van der Waals surface area contributed by atoms with Gasteiger partial charge < -0.3 is 13.9 Å². The predicted molar refractivity (Wildman–Crippen MR) is 117 cm³/mol. The molecule has 3 rings (SSSR count). The monoisotopic (exact) mass is 464 g/mol. The average Bonchev–Trinajstić information content (AvgIpc) is 3.12. The Morgan fingerprint density at radius 3 is 2.38 bits per heavy atom.